The summed E-state index contributed by atoms with van der Waals surface area (Å²) in [6.45, 7) is 25.3. The first-order chi connectivity index (χ1) is 41.7. The third kappa shape index (κ3) is 2.35. The molecule has 406 valence electrons. The molecule has 0 amide bonds. The van der Waals surface area contributed by atoms with Crippen LogP contribution in [0.4, 0.5) is 0 Å². The van der Waals surface area contributed by atoms with Gasteiger partial charge in [0.1, 0.15) is 0 Å². The molecule has 2 heterocycles. The maximum atomic E-state index is 8.96. The molecule has 0 unspecified atom stereocenters. The number of hydrogen-bond donors (Lipinski definition) is 0. The van der Waals surface area contributed by atoms with Crippen molar-refractivity contribution in [1.82, 2.24) is 0 Å². The van der Waals surface area contributed by atoms with Crippen molar-refractivity contribution in [2.75, 3.05) is 0 Å². The first-order valence-electron chi connectivity index (χ1n) is 31.8. The molecule has 87 heavy (non-hydrogen) atoms. The third-order valence-corrected chi connectivity index (χ3v) is 27.4. The molecule has 0 bridgehead atoms. The van der Waals surface area contributed by atoms with Gasteiger partial charge in [-0.1, -0.05) is 0 Å². The quantitative estimate of drug-likeness (QED) is 0.0477. The van der Waals surface area contributed by atoms with Gasteiger partial charge in [0.05, 0.1) is 22.4 Å². The van der Waals surface area contributed by atoms with Crippen LogP contribution in [0.3, 0.4) is 0 Å². The molecule has 2 saturated heterocycles. The second kappa shape index (κ2) is 8.88. The average molecular weight is 1130 g/mol. The summed E-state index contributed by atoms with van der Waals surface area (Å²) in [4.78, 5) is 78.5. The van der Waals surface area contributed by atoms with Crippen LogP contribution in [0, 0.1) is 0 Å². The van der Waals surface area contributed by atoms with Gasteiger partial charge >= 0.3 is 0 Å². The van der Waals surface area contributed by atoms with Gasteiger partial charge in [-0.15, -0.1) is 0 Å². The van der Waals surface area contributed by atoms with E-state index in [1.807, 2.05) is 0 Å². The van der Waals surface area contributed by atoms with Crippen molar-refractivity contribution in [2.24, 2.45) is 0 Å². The summed E-state index contributed by atoms with van der Waals surface area (Å²) < 4.78 is 8.96. The Balaban J connectivity index is 1.04. The van der Waals surface area contributed by atoms with E-state index in [2.05, 4.69) is 83.1 Å². The van der Waals surface area contributed by atoms with E-state index in [1.165, 1.54) is 215 Å². The van der Waals surface area contributed by atoms with Crippen molar-refractivity contribution in [1.29, 1.82) is 0 Å². The highest BCUT2D eigenvalue weighted by atomic mass is 17.3. The van der Waals surface area contributed by atoms with Gasteiger partial charge in [-0.3, -0.25) is 0 Å². The summed E-state index contributed by atoms with van der Waals surface area (Å²) in [6.07, 6.45) is 0. The van der Waals surface area contributed by atoms with Gasteiger partial charge in [-0.25, -0.2) is 48.9 Å². The minimum atomic E-state index is -1.59. The van der Waals surface area contributed by atoms with Crippen LogP contribution in [0.1, 0.15) is 139 Å². The molecular weight excluding hydrogens is 1090 g/mol. The van der Waals surface area contributed by atoms with Gasteiger partial charge < -0.3 is 4.74 Å². The van der Waals surface area contributed by atoms with Crippen molar-refractivity contribution in [3.8, 4) is 0 Å². The predicted molar refractivity (Wildman–Crippen MR) is 328 cm³/mol. The van der Waals surface area contributed by atoms with Crippen molar-refractivity contribution in [3.05, 3.63) is 66.8 Å². The van der Waals surface area contributed by atoms with E-state index in [-0.39, 0.29) is 0 Å². The molecule has 13 aliphatic rings. The maximum absolute atomic E-state index is 8.96. The van der Waals surface area contributed by atoms with Crippen molar-refractivity contribution < 1.29 is 53.6 Å². The predicted octanol–water partition coefficient (Wildman–Crippen LogP) is 17.0. The molecule has 4 spiro atoms. The zero-order valence-electron chi connectivity index (χ0n) is 48.5. The van der Waals surface area contributed by atoms with E-state index >= 15 is 0 Å². The van der Waals surface area contributed by atoms with Gasteiger partial charge in [0.15, 0.2) is 39.2 Å². The van der Waals surface area contributed by atoms with E-state index in [9.17, 15) is 0 Å². The van der Waals surface area contributed by atoms with Gasteiger partial charge in [0, 0.05) is 66.8 Å². The topological polar surface area (TPSA) is 105 Å². The van der Waals surface area contributed by atoms with Crippen LogP contribution in [0.25, 0.3) is 215 Å². The molecule has 11 heteroatoms. The zero-order chi connectivity index (χ0) is 55.8. The van der Waals surface area contributed by atoms with Crippen LogP contribution in [0.5, 0.6) is 0 Å². The summed E-state index contributed by atoms with van der Waals surface area (Å²) in [5.74, 6) is 0. The van der Waals surface area contributed by atoms with E-state index in [0.717, 1.165) is 66.8 Å². The van der Waals surface area contributed by atoms with Crippen LogP contribution in [-0.2, 0) is 81.6 Å². The number of hydrogen-bond acceptors (Lipinski definition) is 11. The SMILES string of the molecule is CC(C)(C)OO[C@]12C3=C4[C@]5(OOC(C)(C)C)c6c1c1c7c2c2c8c9c%10c%11c%12c%13c%14c%15c%16c%17c(c5c5c6c6c1c1c%18c7c8c7c8c9c%12c9c%12c%13c%16c%13c%16c%17c5c5c6c1c1c(c%187)c(c89)c(c%13%12)c1c5%16)[C@@]%15(OOC(C)(C)C)[C@@]41O[C@@]1([C@@]%11%14OOC(C)(C)C)[C@@]31OO[C@]2%101. The fourth-order valence-electron chi connectivity index (χ4n) is 27.2. The molecule has 0 aromatic heterocycles. The van der Waals surface area contributed by atoms with Crippen LogP contribution < -0.4 is 0 Å². The Bertz CT molecular complexity index is 7460. The Labute approximate surface area is 483 Å². The molecule has 34 rings (SSSR count). The molecule has 0 radical (unpaired) electrons. The van der Waals surface area contributed by atoms with Crippen molar-refractivity contribution >= 4 is 215 Å². The van der Waals surface area contributed by atoms with Crippen molar-refractivity contribution in [3.63, 3.8) is 0 Å². The number of rotatable bonds is 8. The fourth-order valence-corrected chi connectivity index (χ4v) is 27.2. The van der Waals surface area contributed by atoms with E-state index in [4.69, 9.17) is 53.6 Å². The Morgan fingerprint density at radius 1 is 0.230 bits per heavy atom. The second-order valence-corrected chi connectivity index (χ2v) is 34.3. The van der Waals surface area contributed by atoms with Crippen LogP contribution in [0.2, 0.25) is 0 Å². The van der Waals surface area contributed by atoms with Crippen LogP contribution >= 0.6 is 0 Å². The summed E-state index contributed by atoms with van der Waals surface area (Å²) in [6, 6.07) is 0. The van der Waals surface area contributed by atoms with Gasteiger partial charge in [-0.2, -0.15) is 0 Å². The summed E-state index contributed by atoms with van der Waals surface area (Å²) in [7, 11) is 0. The van der Waals surface area contributed by atoms with Gasteiger partial charge in [0.25, 0.3) is 0 Å². The highest BCUT2D eigenvalue weighted by Gasteiger charge is 3.13. The Morgan fingerprint density at radius 2 is 0.460 bits per heavy atom. The highest BCUT2D eigenvalue weighted by molar-refractivity contribution is 6.77. The normalized spacial score (nSPS) is 33.4. The lowest BCUT2D eigenvalue weighted by Crippen LogP contribution is -2.83. The molecular formula is C76H36O11. The van der Waals surface area contributed by atoms with Crippen LogP contribution in [0.15, 0.2) is 11.1 Å². The Hall–Kier alpha value is -7.20. The van der Waals surface area contributed by atoms with E-state index < -0.39 is 67.2 Å². The lowest BCUT2D eigenvalue weighted by atomic mass is 9.44. The molecule has 21 aromatic rings. The van der Waals surface area contributed by atoms with E-state index in [0.29, 0.717) is 0 Å². The van der Waals surface area contributed by atoms with Crippen molar-refractivity contribution in [2.45, 2.75) is 150 Å². The standard InChI is InChI=1S/C76H36O11/c1-65(2,3)78-82-69-53-43-33-23-18-13-14-16-17-15(13)20-26-24(18)34(33)44-46-36(26)38-28(20)30-22(17)32-31-21(16)29-27-19(14)25(23)35-37(27)47-49-39(29)41(31)51-52-42(32)40(30)50-48(38)58-56(46)70(54(44)53,83-79-66(4,5)6)64-63(69)74-71(84-80-67(7,8)9,57(47)55(69)45(35)43)59(49)61(51)73(86-81-68(10,11)12)62(52)60(50)72(58)75(64,87-85-72)76(73,74)77-74/h1-12H3/t69-,70+,71-,72+,73-,74-,75+,76+/m0/s1. The monoisotopic (exact) mass is 1120 g/mol. The smallest absolute Gasteiger partial charge is 0.205 e. The molecule has 11 aliphatic carbocycles. The molecule has 0 N–H and O–H groups in total. The minimum absolute atomic E-state index is 0.780. The van der Waals surface area contributed by atoms with Gasteiger partial charge in [-0.05, 0) is 299 Å². The maximum Gasteiger partial charge on any atom is 0.205 e. The number of epoxide rings is 1. The number of ether oxygens (including phenoxy) is 1. The largest absolute Gasteiger partial charge is 0.346 e. The first kappa shape index (κ1) is 39.6. The fraction of sp³-hybridized carbons (Fsp3) is 0.316. The highest BCUT2D eigenvalue weighted by Crippen LogP contribution is 3.01. The lowest BCUT2D eigenvalue weighted by Gasteiger charge is -2.68. The summed E-state index contributed by atoms with van der Waals surface area (Å²) in [5, 5.41) is 54.2. The van der Waals surface area contributed by atoms with E-state index in [1.54, 1.807) is 0 Å². The summed E-state index contributed by atoms with van der Waals surface area (Å²) in [5.41, 5.74) is -2.77. The minimum Gasteiger partial charge on any atom is -0.346 e. The number of benzene rings is 15. The molecule has 2 aliphatic heterocycles. The summed E-state index contributed by atoms with van der Waals surface area (Å²) >= 11 is 0. The molecule has 2 fully saturated rings. The van der Waals surface area contributed by atoms with Crippen LogP contribution in [-0.4, -0.2) is 39.2 Å². The average Bonchev–Trinajstić information content (AvgIpc) is 1.34. The molecule has 0 saturated carbocycles. The third-order valence-electron chi connectivity index (χ3n) is 27.4. The molecule has 11 nitrogen and oxygen atoms in total. The Morgan fingerprint density at radius 3 is 0.793 bits per heavy atom. The Kier molecular flexibility index (Phi) is 4.04. The zero-order valence-corrected chi connectivity index (χ0v) is 48.5. The molecule has 8 atom stereocenters. The lowest BCUT2D eigenvalue weighted by molar-refractivity contribution is -0.572. The first-order valence-corrected chi connectivity index (χ1v) is 31.8. The van der Waals surface area contributed by atoms with Gasteiger partial charge in [0.2, 0.25) is 5.60 Å². The molecule has 21 aromatic carbocycles. The second-order valence-electron chi connectivity index (χ2n) is 34.3.